The summed E-state index contributed by atoms with van der Waals surface area (Å²) in [5.41, 5.74) is 5.90. The molecule has 0 radical (unpaired) electrons. The van der Waals surface area contributed by atoms with Gasteiger partial charge in [0.25, 0.3) is 0 Å². The van der Waals surface area contributed by atoms with Gasteiger partial charge in [0.05, 0.1) is 17.9 Å². The van der Waals surface area contributed by atoms with Crippen LogP contribution in [0.4, 0.5) is 0 Å². The number of allylic oxidation sites excluding steroid dienone is 1. The Morgan fingerprint density at radius 3 is 2.47 bits per heavy atom. The van der Waals surface area contributed by atoms with Crippen molar-refractivity contribution in [2.75, 3.05) is 13.2 Å². The highest BCUT2D eigenvalue weighted by Crippen LogP contribution is 2.49. The van der Waals surface area contributed by atoms with Crippen LogP contribution in [0.5, 0.6) is 5.75 Å². The Morgan fingerprint density at radius 2 is 1.76 bits per heavy atom. The largest absolute Gasteiger partial charge is 0.485 e. The number of ether oxygens (including phenoxy) is 3. The number of ketones is 1. The Hall–Kier alpha value is -4.07. The maximum absolute atomic E-state index is 13.3. The fraction of sp³-hybridized carbons (Fsp3) is 0.269. The van der Waals surface area contributed by atoms with Crippen molar-refractivity contribution in [3.63, 3.8) is 0 Å². The number of nitrogens with two attached hydrogens (primary N) is 1. The highest BCUT2D eigenvalue weighted by molar-refractivity contribution is 6.05. The zero-order valence-electron chi connectivity index (χ0n) is 19.1. The molecule has 0 bridgehead atoms. The van der Waals surface area contributed by atoms with Crippen LogP contribution in [0.25, 0.3) is 0 Å². The number of carbonyl (C=O) groups is 3. The molecule has 34 heavy (non-hydrogen) atoms. The minimum absolute atomic E-state index is 0.0249. The molecule has 1 unspecified atom stereocenters. The average molecular weight is 463 g/mol. The maximum atomic E-state index is 13.3. The first kappa shape index (κ1) is 23.1. The van der Waals surface area contributed by atoms with Gasteiger partial charge in [0.2, 0.25) is 11.4 Å². The number of dihydropyridines is 1. The number of hydrogen-bond donors (Lipinski definition) is 2. The Bertz CT molecular complexity index is 1200. The molecule has 2 aromatic carbocycles. The number of carbonyl (C=O) groups excluding carboxylic acids is 3. The lowest BCUT2D eigenvalue weighted by Gasteiger charge is -2.37. The van der Waals surface area contributed by atoms with Gasteiger partial charge >= 0.3 is 11.9 Å². The number of esters is 2. The maximum Gasteiger partial charge on any atom is 0.340 e. The van der Waals surface area contributed by atoms with Crippen LogP contribution >= 0.6 is 0 Å². The van der Waals surface area contributed by atoms with Crippen molar-refractivity contribution < 1.29 is 28.6 Å². The molecule has 0 saturated heterocycles. The number of benzene rings is 2. The molecule has 176 valence electrons. The van der Waals surface area contributed by atoms with Gasteiger partial charge in [-0.15, -0.1) is 0 Å². The normalized spacial score (nSPS) is 18.9. The molecular formula is C26H26N2O6. The van der Waals surface area contributed by atoms with Gasteiger partial charge < -0.3 is 25.3 Å². The Kier molecular flexibility index (Phi) is 6.40. The second-order valence-corrected chi connectivity index (χ2v) is 7.88. The number of fused-ring (bicyclic) bond motifs is 2. The minimum atomic E-state index is -1.77. The smallest absolute Gasteiger partial charge is 0.340 e. The Morgan fingerprint density at radius 1 is 1.06 bits per heavy atom. The van der Waals surface area contributed by atoms with Gasteiger partial charge in [-0.2, -0.15) is 0 Å². The van der Waals surface area contributed by atoms with Crippen LogP contribution in [0.1, 0.15) is 42.6 Å². The van der Waals surface area contributed by atoms with E-state index in [1.54, 1.807) is 55.5 Å². The number of nitrogens with one attached hydrogen (secondary N) is 1. The quantitative estimate of drug-likeness (QED) is 0.575. The van der Waals surface area contributed by atoms with Gasteiger partial charge in [-0.3, -0.25) is 4.79 Å². The van der Waals surface area contributed by atoms with Crippen LogP contribution in [0.15, 0.2) is 77.3 Å². The van der Waals surface area contributed by atoms with Crippen LogP contribution in [0.3, 0.4) is 0 Å². The summed E-state index contributed by atoms with van der Waals surface area (Å²) in [5.74, 6) is -1.23. The standard InChI is InChI=1S/C26H26N2O6/c1-3-10-19-21(25(31)32-4-2)26(18-14-9-8-13-17(18)24(30)34-26)23(27)22(28-19)20(29)15-33-16-11-6-5-7-12-16/h5-9,11-14,28H,3-4,10,15,27H2,1-2H3. The van der Waals surface area contributed by atoms with Gasteiger partial charge in [-0.05, 0) is 31.5 Å². The first-order valence-corrected chi connectivity index (χ1v) is 11.2. The molecule has 2 aliphatic rings. The molecule has 0 aromatic heterocycles. The summed E-state index contributed by atoms with van der Waals surface area (Å²) >= 11 is 0. The molecule has 0 saturated carbocycles. The summed E-state index contributed by atoms with van der Waals surface area (Å²) < 4.78 is 16.8. The molecule has 4 rings (SSSR count). The molecule has 8 nitrogen and oxygen atoms in total. The molecule has 3 N–H and O–H groups in total. The average Bonchev–Trinajstić information content (AvgIpc) is 3.13. The fourth-order valence-corrected chi connectivity index (χ4v) is 4.27. The molecule has 1 spiro atoms. The zero-order valence-corrected chi connectivity index (χ0v) is 19.1. The summed E-state index contributed by atoms with van der Waals surface area (Å²) in [6.07, 6.45) is 1.05. The first-order chi connectivity index (χ1) is 16.4. The van der Waals surface area contributed by atoms with E-state index in [1.165, 1.54) is 0 Å². The predicted molar refractivity (Wildman–Crippen MR) is 123 cm³/mol. The molecule has 2 aromatic rings. The fourth-order valence-electron chi connectivity index (χ4n) is 4.27. The van der Waals surface area contributed by atoms with E-state index in [4.69, 9.17) is 19.9 Å². The predicted octanol–water partition coefficient (Wildman–Crippen LogP) is 3.09. The van der Waals surface area contributed by atoms with Crippen molar-refractivity contribution in [2.24, 2.45) is 5.73 Å². The first-order valence-electron chi connectivity index (χ1n) is 11.2. The summed E-state index contributed by atoms with van der Waals surface area (Å²) in [7, 11) is 0. The SMILES string of the molecule is CCCC1=C(C(=O)OCC)C2(OC(=O)c3ccccc32)C(N)=C(C(=O)COc2ccccc2)N1. The van der Waals surface area contributed by atoms with Gasteiger partial charge in [0.15, 0.2) is 6.61 Å². The van der Waals surface area contributed by atoms with Crippen molar-refractivity contribution >= 4 is 17.7 Å². The van der Waals surface area contributed by atoms with E-state index in [1.807, 2.05) is 13.0 Å². The van der Waals surface area contributed by atoms with Crippen LogP contribution in [0.2, 0.25) is 0 Å². The number of para-hydroxylation sites is 1. The van der Waals surface area contributed by atoms with Gasteiger partial charge in [-0.25, -0.2) is 9.59 Å². The third-order valence-electron chi connectivity index (χ3n) is 5.72. The molecular weight excluding hydrogens is 436 g/mol. The molecule has 1 atom stereocenters. The monoisotopic (exact) mass is 462 g/mol. The lowest BCUT2D eigenvalue weighted by molar-refractivity contribution is -0.141. The number of hydrogen-bond acceptors (Lipinski definition) is 8. The molecule has 0 fully saturated rings. The molecule has 2 aliphatic heterocycles. The molecule has 0 amide bonds. The topological polar surface area (TPSA) is 117 Å². The zero-order chi connectivity index (χ0) is 24.3. The van der Waals surface area contributed by atoms with E-state index >= 15 is 0 Å². The van der Waals surface area contributed by atoms with E-state index in [0.29, 0.717) is 29.9 Å². The van der Waals surface area contributed by atoms with Crippen LogP contribution in [-0.4, -0.2) is 30.9 Å². The summed E-state index contributed by atoms with van der Waals surface area (Å²) in [6.45, 7) is 3.44. The molecule has 2 heterocycles. The second kappa shape index (κ2) is 9.43. The van der Waals surface area contributed by atoms with E-state index < -0.39 is 23.3 Å². The van der Waals surface area contributed by atoms with Gasteiger partial charge in [0.1, 0.15) is 17.0 Å². The van der Waals surface area contributed by atoms with E-state index in [2.05, 4.69) is 5.32 Å². The summed E-state index contributed by atoms with van der Waals surface area (Å²) in [6, 6.07) is 15.6. The summed E-state index contributed by atoms with van der Waals surface area (Å²) in [4.78, 5) is 39.3. The van der Waals surface area contributed by atoms with Crippen molar-refractivity contribution in [2.45, 2.75) is 32.3 Å². The molecule has 0 aliphatic carbocycles. The van der Waals surface area contributed by atoms with E-state index in [9.17, 15) is 14.4 Å². The molecule has 8 heteroatoms. The van der Waals surface area contributed by atoms with Crippen molar-refractivity contribution in [3.05, 3.63) is 88.4 Å². The number of Topliss-reactive ketones (excluding diaryl/α,β-unsaturated/α-hetero) is 1. The minimum Gasteiger partial charge on any atom is -0.485 e. The van der Waals surface area contributed by atoms with Crippen LogP contribution < -0.4 is 15.8 Å². The number of rotatable bonds is 8. The summed E-state index contributed by atoms with van der Waals surface area (Å²) in [5, 5.41) is 3.04. The van der Waals surface area contributed by atoms with E-state index in [-0.39, 0.29) is 35.7 Å². The van der Waals surface area contributed by atoms with Gasteiger partial charge in [0, 0.05) is 11.3 Å². The van der Waals surface area contributed by atoms with Crippen LogP contribution in [0, 0.1) is 0 Å². The lowest BCUT2D eigenvalue weighted by Crippen LogP contribution is -2.48. The highest BCUT2D eigenvalue weighted by atomic mass is 16.6. The van der Waals surface area contributed by atoms with Crippen LogP contribution in [-0.2, 0) is 24.7 Å². The Balaban J connectivity index is 1.85. The second-order valence-electron chi connectivity index (χ2n) is 7.88. The third-order valence-corrected chi connectivity index (χ3v) is 5.72. The van der Waals surface area contributed by atoms with Gasteiger partial charge in [-0.1, -0.05) is 49.7 Å². The lowest BCUT2D eigenvalue weighted by atomic mass is 9.77. The van der Waals surface area contributed by atoms with E-state index in [0.717, 1.165) is 0 Å². The van der Waals surface area contributed by atoms with Crippen molar-refractivity contribution in [1.82, 2.24) is 5.32 Å². The van der Waals surface area contributed by atoms with Crippen molar-refractivity contribution in [1.29, 1.82) is 0 Å². The van der Waals surface area contributed by atoms with Crippen molar-refractivity contribution in [3.8, 4) is 5.75 Å². The Labute approximate surface area is 197 Å². The third kappa shape index (κ3) is 3.81. The highest BCUT2D eigenvalue weighted by Gasteiger charge is 2.57.